The van der Waals surface area contributed by atoms with E-state index in [1.165, 1.54) is 66.0 Å². The fraction of sp³-hybridized carbons (Fsp3) is 0.417. The summed E-state index contributed by atoms with van der Waals surface area (Å²) in [6, 6.07) is 7.92. The molecular weight excluding hydrogens is 458 g/mol. The van der Waals surface area contributed by atoms with E-state index in [0.29, 0.717) is 23.0 Å². The number of nitrogens with one attached hydrogen (secondary N) is 2. The molecule has 0 unspecified atom stereocenters. The number of sulfonamides is 1. The maximum absolute atomic E-state index is 13.1. The molecule has 1 aromatic heterocycles. The van der Waals surface area contributed by atoms with Crippen molar-refractivity contribution in [3.8, 4) is 0 Å². The van der Waals surface area contributed by atoms with Crippen LogP contribution < -0.4 is 10.6 Å². The van der Waals surface area contributed by atoms with Crippen LogP contribution in [-0.4, -0.2) is 31.1 Å². The first-order chi connectivity index (χ1) is 15.9. The molecule has 33 heavy (non-hydrogen) atoms. The molecule has 1 aliphatic heterocycles. The zero-order valence-corrected chi connectivity index (χ0v) is 20.1. The number of carbonyl (C=O) groups excluding carboxylic acids is 2. The molecule has 176 valence electrons. The Morgan fingerprint density at radius 2 is 1.85 bits per heavy atom. The van der Waals surface area contributed by atoms with Crippen LogP contribution in [0.5, 0.6) is 0 Å². The Labute approximate surface area is 198 Å². The third-order valence-electron chi connectivity index (χ3n) is 6.31. The minimum absolute atomic E-state index is 0.164. The number of nitrogens with zero attached hydrogens (tertiary/aromatic N) is 1. The Morgan fingerprint density at radius 3 is 2.52 bits per heavy atom. The standard InChI is InChI=1S/C24H29N3O4S2/c1-2-22(28)26-23-14-19-15-27(16-21(19)32-23)33(30,31)20-10-8-18(9-11-20)24(29)25-13-12-17-6-4-3-5-7-17/h2,8-11,14,17H,1,3-7,12-13,15-16H2,(H,25,29)(H,26,28). The van der Waals surface area contributed by atoms with Gasteiger partial charge in [0, 0.05) is 30.1 Å². The van der Waals surface area contributed by atoms with Crippen LogP contribution in [-0.2, 0) is 27.9 Å². The van der Waals surface area contributed by atoms with Crippen molar-refractivity contribution in [3.63, 3.8) is 0 Å². The highest BCUT2D eigenvalue weighted by Gasteiger charge is 2.32. The number of rotatable bonds is 8. The van der Waals surface area contributed by atoms with Crippen LogP contribution in [0.4, 0.5) is 5.00 Å². The molecule has 2 N–H and O–H groups in total. The molecule has 2 aromatic rings. The van der Waals surface area contributed by atoms with Gasteiger partial charge in [0.1, 0.15) is 0 Å². The van der Waals surface area contributed by atoms with Crippen molar-refractivity contribution < 1.29 is 18.0 Å². The lowest BCUT2D eigenvalue weighted by molar-refractivity contribution is -0.111. The zero-order chi connectivity index (χ0) is 23.4. The number of anilines is 1. The van der Waals surface area contributed by atoms with E-state index in [2.05, 4.69) is 17.2 Å². The molecule has 0 atom stereocenters. The number of amides is 2. The van der Waals surface area contributed by atoms with E-state index in [4.69, 9.17) is 0 Å². The normalized spacial score (nSPS) is 16.8. The molecule has 1 aliphatic carbocycles. The first-order valence-corrected chi connectivity index (χ1v) is 13.6. The molecule has 2 aliphatic rings. The minimum Gasteiger partial charge on any atom is -0.352 e. The van der Waals surface area contributed by atoms with Gasteiger partial charge in [-0.2, -0.15) is 4.31 Å². The molecule has 7 nitrogen and oxygen atoms in total. The number of fused-ring (bicyclic) bond motifs is 1. The first kappa shape index (κ1) is 23.7. The van der Waals surface area contributed by atoms with Gasteiger partial charge >= 0.3 is 0 Å². The molecule has 1 saturated carbocycles. The summed E-state index contributed by atoms with van der Waals surface area (Å²) in [6.45, 7) is 4.59. The quantitative estimate of drug-likeness (QED) is 0.544. The summed E-state index contributed by atoms with van der Waals surface area (Å²) in [5.41, 5.74) is 1.35. The highest BCUT2D eigenvalue weighted by Crippen LogP contribution is 2.36. The van der Waals surface area contributed by atoms with E-state index in [1.54, 1.807) is 18.2 Å². The molecule has 0 saturated heterocycles. The van der Waals surface area contributed by atoms with Crippen molar-refractivity contribution in [2.45, 2.75) is 56.5 Å². The molecule has 1 fully saturated rings. The highest BCUT2D eigenvalue weighted by molar-refractivity contribution is 7.89. The average molecular weight is 488 g/mol. The summed E-state index contributed by atoms with van der Waals surface area (Å²) >= 11 is 1.37. The van der Waals surface area contributed by atoms with E-state index in [1.807, 2.05) is 0 Å². The predicted molar refractivity (Wildman–Crippen MR) is 130 cm³/mol. The Balaban J connectivity index is 1.33. The van der Waals surface area contributed by atoms with Crippen LogP contribution in [0.25, 0.3) is 0 Å². The van der Waals surface area contributed by atoms with Gasteiger partial charge < -0.3 is 10.6 Å². The van der Waals surface area contributed by atoms with Gasteiger partial charge in [0.15, 0.2) is 0 Å². The summed E-state index contributed by atoms with van der Waals surface area (Å²) in [4.78, 5) is 25.0. The summed E-state index contributed by atoms with van der Waals surface area (Å²) < 4.78 is 27.6. The summed E-state index contributed by atoms with van der Waals surface area (Å²) in [7, 11) is -3.69. The van der Waals surface area contributed by atoms with Gasteiger partial charge in [0.25, 0.3) is 5.91 Å². The summed E-state index contributed by atoms with van der Waals surface area (Å²) in [5, 5.41) is 6.35. The Hall–Kier alpha value is -2.49. The lowest BCUT2D eigenvalue weighted by Crippen LogP contribution is -2.27. The summed E-state index contributed by atoms with van der Waals surface area (Å²) in [5.74, 6) is 0.231. The van der Waals surface area contributed by atoms with Crippen LogP contribution >= 0.6 is 11.3 Å². The Morgan fingerprint density at radius 1 is 1.12 bits per heavy atom. The van der Waals surface area contributed by atoms with Gasteiger partial charge in [-0.3, -0.25) is 9.59 Å². The van der Waals surface area contributed by atoms with Crippen LogP contribution in [0.15, 0.2) is 47.9 Å². The van der Waals surface area contributed by atoms with Crippen molar-refractivity contribution >= 4 is 38.2 Å². The Bertz CT molecular complexity index is 1110. The van der Waals surface area contributed by atoms with E-state index in [-0.39, 0.29) is 29.8 Å². The van der Waals surface area contributed by atoms with Gasteiger partial charge in [-0.25, -0.2) is 8.42 Å². The van der Waals surface area contributed by atoms with E-state index in [0.717, 1.165) is 16.9 Å². The number of benzene rings is 1. The second-order valence-electron chi connectivity index (χ2n) is 8.60. The van der Waals surface area contributed by atoms with Gasteiger partial charge in [0.2, 0.25) is 15.9 Å². The van der Waals surface area contributed by atoms with Gasteiger partial charge in [0.05, 0.1) is 9.90 Å². The molecule has 0 bridgehead atoms. The summed E-state index contributed by atoms with van der Waals surface area (Å²) in [6.07, 6.45) is 8.57. The molecule has 2 heterocycles. The SMILES string of the molecule is C=CC(=O)Nc1cc2c(s1)CN(S(=O)(=O)c1ccc(C(=O)NCCC3CCCCC3)cc1)C2. The fourth-order valence-corrected chi connectivity index (χ4v) is 7.00. The lowest BCUT2D eigenvalue weighted by atomic mass is 9.87. The van der Waals surface area contributed by atoms with Crippen molar-refractivity contribution in [2.24, 2.45) is 5.92 Å². The lowest BCUT2D eigenvalue weighted by Gasteiger charge is -2.21. The average Bonchev–Trinajstić information content (AvgIpc) is 3.39. The molecule has 1 aromatic carbocycles. The third kappa shape index (κ3) is 5.54. The van der Waals surface area contributed by atoms with Crippen LogP contribution in [0, 0.1) is 5.92 Å². The van der Waals surface area contributed by atoms with Gasteiger partial charge in [-0.05, 0) is 54.3 Å². The van der Waals surface area contributed by atoms with Crippen LogP contribution in [0.1, 0.15) is 59.3 Å². The fourth-order valence-electron chi connectivity index (χ4n) is 4.44. The topological polar surface area (TPSA) is 95.6 Å². The maximum Gasteiger partial charge on any atom is 0.251 e. The molecular formula is C24H29N3O4S2. The third-order valence-corrected chi connectivity index (χ3v) is 9.20. The highest BCUT2D eigenvalue weighted by atomic mass is 32.2. The van der Waals surface area contributed by atoms with E-state index < -0.39 is 10.0 Å². The molecule has 4 rings (SSSR count). The smallest absolute Gasteiger partial charge is 0.251 e. The zero-order valence-electron chi connectivity index (χ0n) is 18.5. The molecule has 2 amide bonds. The first-order valence-electron chi connectivity index (χ1n) is 11.3. The minimum atomic E-state index is -3.69. The van der Waals surface area contributed by atoms with Gasteiger partial charge in [-0.15, -0.1) is 11.3 Å². The van der Waals surface area contributed by atoms with Crippen molar-refractivity contribution in [1.82, 2.24) is 9.62 Å². The monoisotopic (exact) mass is 487 g/mol. The van der Waals surface area contributed by atoms with Crippen molar-refractivity contribution in [3.05, 3.63) is 59.0 Å². The second-order valence-corrected chi connectivity index (χ2v) is 11.7. The number of carbonyl (C=O) groups is 2. The van der Waals surface area contributed by atoms with E-state index in [9.17, 15) is 18.0 Å². The van der Waals surface area contributed by atoms with Crippen LogP contribution in [0.3, 0.4) is 0 Å². The van der Waals surface area contributed by atoms with Gasteiger partial charge in [-0.1, -0.05) is 38.7 Å². The van der Waals surface area contributed by atoms with Crippen molar-refractivity contribution in [2.75, 3.05) is 11.9 Å². The Kier molecular flexibility index (Phi) is 7.31. The number of hydrogen-bond acceptors (Lipinski definition) is 5. The molecule has 0 radical (unpaired) electrons. The number of hydrogen-bond donors (Lipinski definition) is 2. The largest absolute Gasteiger partial charge is 0.352 e. The van der Waals surface area contributed by atoms with Crippen LogP contribution in [0.2, 0.25) is 0 Å². The maximum atomic E-state index is 13.1. The number of thiophene rings is 1. The molecule has 0 spiro atoms. The second kappa shape index (κ2) is 10.2. The molecule has 9 heteroatoms. The van der Waals surface area contributed by atoms with Crippen molar-refractivity contribution in [1.29, 1.82) is 0 Å². The predicted octanol–water partition coefficient (Wildman–Crippen LogP) is 4.28. The van der Waals surface area contributed by atoms with E-state index >= 15 is 0 Å².